The van der Waals surface area contributed by atoms with Gasteiger partial charge in [-0.05, 0) is 31.0 Å². The summed E-state index contributed by atoms with van der Waals surface area (Å²) in [7, 11) is 0. The zero-order valence-electron chi connectivity index (χ0n) is 13.8. The lowest BCUT2D eigenvalue weighted by atomic mass is 9.85. The fourth-order valence-electron chi connectivity index (χ4n) is 2.24. The van der Waals surface area contributed by atoms with Crippen LogP contribution in [0.1, 0.15) is 37.6 Å². The summed E-state index contributed by atoms with van der Waals surface area (Å²) >= 11 is 5.96. The first kappa shape index (κ1) is 18.0. The molecule has 0 bridgehead atoms. The Kier molecular flexibility index (Phi) is 5.29. The number of carboxylic acids is 1. The first-order valence-electron chi connectivity index (χ1n) is 7.56. The molecule has 2 aromatic rings. The number of carbonyl (C=O) groups excluding carboxylic acids is 1. The van der Waals surface area contributed by atoms with E-state index in [9.17, 15) is 9.59 Å². The molecule has 1 heterocycles. The van der Waals surface area contributed by atoms with Crippen LogP contribution in [0.5, 0.6) is 0 Å². The number of nitrogens with zero attached hydrogens (tertiary/aromatic N) is 2. The smallest absolute Gasteiger partial charge is 0.305 e. The van der Waals surface area contributed by atoms with Crippen molar-refractivity contribution in [2.75, 3.05) is 0 Å². The van der Waals surface area contributed by atoms with Crippen molar-refractivity contribution in [2.45, 2.75) is 32.7 Å². The predicted octanol–water partition coefficient (Wildman–Crippen LogP) is 3.14. The summed E-state index contributed by atoms with van der Waals surface area (Å²) < 4.78 is 1.55. The Morgan fingerprint density at radius 2 is 2.12 bits per heavy atom. The highest BCUT2D eigenvalue weighted by Crippen LogP contribution is 2.22. The number of amides is 1. The summed E-state index contributed by atoms with van der Waals surface area (Å²) in [5, 5.41) is 16.6. The normalized spacial score (nSPS) is 13.5. The van der Waals surface area contributed by atoms with E-state index in [0.29, 0.717) is 10.6 Å². The first-order valence-corrected chi connectivity index (χ1v) is 7.94. The molecule has 2 rings (SSSR count). The van der Waals surface area contributed by atoms with Gasteiger partial charge in [0, 0.05) is 11.2 Å². The number of halogens is 1. The molecular formula is C17H20ClN3O3. The zero-order valence-corrected chi connectivity index (χ0v) is 14.5. The molecule has 2 N–H and O–H groups in total. The maximum Gasteiger partial charge on any atom is 0.305 e. The molecule has 6 nitrogen and oxygen atoms in total. The van der Waals surface area contributed by atoms with Gasteiger partial charge in [0.1, 0.15) is 0 Å². The molecule has 24 heavy (non-hydrogen) atoms. The van der Waals surface area contributed by atoms with Crippen LogP contribution in [-0.2, 0) is 4.79 Å². The van der Waals surface area contributed by atoms with Crippen molar-refractivity contribution in [3.05, 3.63) is 47.2 Å². The number of hydrogen-bond acceptors (Lipinski definition) is 3. The van der Waals surface area contributed by atoms with Gasteiger partial charge in [0.15, 0.2) is 0 Å². The van der Waals surface area contributed by atoms with Gasteiger partial charge in [-0.25, -0.2) is 4.68 Å². The average Bonchev–Trinajstić information content (AvgIpc) is 2.96. The third-order valence-corrected chi connectivity index (χ3v) is 4.34. The molecule has 0 aliphatic heterocycles. The van der Waals surface area contributed by atoms with Crippen LogP contribution >= 0.6 is 11.6 Å². The first-order chi connectivity index (χ1) is 11.2. The van der Waals surface area contributed by atoms with Crippen LogP contribution in [0.25, 0.3) is 5.69 Å². The zero-order chi connectivity index (χ0) is 17.9. The van der Waals surface area contributed by atoms with Crippen LogP contribution in [0.2, 0.25) is 5.02 Å². The van der Waals surface area contributed by atoms with E-state index in [1.165, 1.54) is 6.20 Å². The number of carbonyl (C=O) groups is 2. The third kappa shape index (κ3) is 4.14. The van der Waals surface area contributed by atoms with E-state index in [1.54, 1.807) is 36.0 Å². The van der Waals surface area contributed by atoms with E-state index in [4.69, 9.17) is 16.7 Å². The van der Waals surface area contributed by atoms with Crippen molar-refractivity contribution in [1.82, 2.24) is 15.1 Å². The molecule has 0 saturated carbocycles. The molecule has 0 aliphatic carbocycles. The summed E-state index contributed by atoms with van der Waals surface area (Å²) in [6.07, 6.45) is 2.87. The fraction of sp³-hybridized carbons (Fsp3) is 0.353. The highest BCUT2D eigenvalue weighted by molar-refractivity contribution is 6.30. The number of hydrogen-bond donors (Lipinski definition) is 2. The molecule has 128 valence electrons. The Morgan fingerprint density at radius 1 is 1.42 bits per heavy atom. The minimum Gasteiger partial charge on any atom is -0.481 e. The minimum atomic E-state index is -0.957. The average molecular weight is 350 g/mol. The molecule has 1 aromatic heterocycles. The van der Waals surface area contributed by atoms with Gasteiger partial charge in [0.05, 0.1) is 29.4 Å². The van der Waals surface area contributed by atoms with Gasteiger partial charge in [-0.3, -0.25) is 9.59 Å². The second-order valence-corrected chi connectivity index (χ2v) is 6.69. The van der Waals surface area contributed by atoms with E-state index in [-0.39, 0.29) is 18.2 Å². The van der Waals surface area contributed by atoms with Crippen LogP contribution < -0.4 is 5.32 Å². The van der Waals surface area contributed by atoms with E-state index >= 15 is 0 Å². The Balaban J connectivity index is 2.20. The number of carboxylic acid groups (broad SMARTS) is 1. The molecule has 0 saturated heterocycles. The summed E-state index contributed by atoms with van der Waals surface area (Å²) in [6, 6.07) is 7.10. The van der Waals surface area contributed by atoms with Crippen molar-refractivity contribution in [2.24, 2.45) is 5.92 Å². The maximum absolute atomic E-state index is 12.5. The second-order valence-electron chi connectivity index (χ2n) is 6.25. The summed E-state index contributed by atoms with van der Waals surface area (Å²) in [4.78, 5) is 23.6. The topological polar surface area (TPSA) is 84.2 Å². The number of nitrogens with one attached hydrogen (secondary N) is 1. The Hall–Kier alpha value is -2.34. The fourth-order valence-corrected chi connectivity index (χ4v) is 2.42. The standard InChI is InChI=1S/C17H20ClN3O3/c1-11(2)17(3,8-15(22)23)20-16(24)12-9-19-21(10-12)14-6-4-5-13(18)7-14/h4-7,9-11H,8H2,1-3H3,(H,20,24)(H,22,23). The lowest BCUT2D eigenvalue weighted by Crippen LogP contribution is -2.51. The SMILES string of the molecule is CC(C)C(C)(CC(=O)O)NC(=O)c1cnn(-c2cccc(Cl)c2)c1. The number of aromatic nitrogens is 2. The molecule has 0 aliphatic rings. The van der Waals surface area contributed by atoms with E-state index < -0.39 is 11.5 Å². The Bertz CT molecular complexity index is 757. The highest BCUT2D eigenvalue weighted by Gasteiger charge is 2.33. The Labute approximate surface area is 145 Å². The predicted molar refractivity (Wildman–Crippen MR) is 91.5 cm³/mol. The van der Waals surface area contributed by atoms with Crippen LogP contribution in [0.15, 0.2) is 36.7 Å². The molecular weight excluding hydrogens is 330 g/mol. The van der Waals surface area contributed by atoms with Gasteiger partial charge in [-0.1, -0.05) is 31.5 Å². The molecule has 1 aromatic carbocycles. The van der Waals surface area contributed by atoms with E-state index in [0.717, 1.165) is 5.69 Å². The summed E-state index contributed by atoms with van der Waals surface area (Å²) in [5.41, 5.74) is 0.243. The molecule has 1 amide bonds. The molecule has 0 fully saturated rings. The van der Waals surface area contributed by atoms with Crippen molar-refractivity contribution in [3.63, 3.8) is 0 Å². The number of rotatable bonds is 6. The molecule has 1 unspecified atom stereocenters. The Morgan fingerprint density at radius 3 is 2.71 bits per heavy atom. The maximum atomic E-state index is 12.5. The third-order valence-electron chi connectivity index (χ3n) is 4.11. The van der Waals surface area contributed by atoms with Gasteiger partial charge < -0.3 is 10.4 Å². The van der Waals surface area contributed by atoms with Crippen LogP contribution in [0.4, 0.5) is 0 Å². The minimum absolute atomic E-state index is 0.0412. The van der Waals surface area contributed by atoms with Gasteiger partial charge >= 0.3 is 5.97 Å². The van der Waals surface area contributed by atoms with Gasteiger partial charge in [-0.2, -0.15) is 5.10 Å². The molecule has 0 spiro atoms. The largest absolute Gasteiger partial charge is 0.481 e. The number of aliphatic carboxylic acids is 1. The summed E-state index contributed by atoms with van der Waals surface area (Å²) in [5.74, 6) is -1.36. The lowest BCUT2D eigenvalue weighted by molar-refractivity contribution is -0.138. The number of benzene rings is 1. The van der Waals surface area contributed by atoms with Crippen LogP contribution in [-0.4, -0.2) is 32.3 Å². The summed E-state index contributed by atoms with van der Waals surface area (Å²) in [6.45, 7) is 5.47. The quantitative estimate of drug-likeness (QED) is 0.839. The molecule has 7 heteroatoms. The van der Waals surface area contributed by atoms with E-state index in [2.05, 4.69) is 10.4 Å². The van der Waals surface area contributed by atoms with E-state index in [1.807, 2.05) is 19.9 Å². The van der Waals surface area contributed by atoms with Gasteiger partial charge in [0.2, 0.25) is 0 Å². The monoisotopic (exact) mass is 349 g/mol. The lowest BCUT2D eigenvalue weighted by Gasteiger charge is -2.33. The molecule has 1 atom stereocenters. The van der Waals surface area contributed by atoms with Crippen molar-refractivity contribution < 1.29 is 14.7 Å². The van der Waals surface area contributed by atoms with Crippen LogP contribution in [0.3, 0.4) is 0 Å². The van der Waals surface area contributed by atoms with Gasteiger partial charge in [0.25, 0.3) is 5.91 Å². The van der Waals surface area contributed by atoms with Crippen LogP contribution in [0, 0.1) is 5.92 Å². The van der Waals surface area contributed by atoms with Gasteiger partial charge in [-0.15, -0.1) is 0 Å². The molecule has 0 radical (unpaired) electrons. The highest BCUT2D eigenvalue weighted by atomic mass is 35.5. The van der Waals surface area contributed by atoms with Crippen molar-refractivity contribution in [3.8, 4) is 5.69 Å². The van der Waals surface area contributed by atoms with Crippen molar-refractivity contribution in [1.29, 1.82) is 0 Å². The van der Waals surface area contributed by atoms with Crippen molar-refractivity contribution >= 4 is 23.5 Å². The second kappa shape index (κ2) is 7.05.